The second kappa shape index (κ2) is 8.19. The maximum absolute atomic E-state index is 13.7. The zero-order valence-electron chi connectivity index (χ0n) is 18.0. The summed E-state index contributed by atoms with van der Waals surface area (Å²) in [6.07, 6.45) is 1.84. The summed E-state index contributed by atoms with van der Waals surface area (Å²) in [6.45, 7) is 8.45. The molecule has 4 rings (SSSR count). The van der Waals surface area contributed by atoms with E-state index >= 15 is 0 Å². The van der Waals surface area contributed by atoms with Gasteiger partial charge in [-0.1, -0.05) is 78.9 Å². The molecule has 1 atom stereocenters. The van der Waals surface area contributed by atoms with Crippen LogP contribution in [0.3, 0.4) is 0 Å². The first-order chi connectivity index (χ1) is 14.5. The molecule has 0 bridgehead atoms. The van der Waals surface area contributed by atoms with Crippen molar-refractivity contribution in [3.63, 3.8) is 0 Å². The Bertz CT molecular complexity index is 1050. The number of carbonyl (C=O) groups is 1. The van der Waals surface area contributed by atoms with Crippen molar-refractivity contribution in [1.82, 2.24) is 4.90 Å². The van der Waals surface area contributed by atoms with Gasteiger partial charge < -0.3 is 9.80 Å². The Balaban J connectivity index is 1.99. The Morgan fingerprint density at radius 2 is 1.33 bits per heavy atom. The molecule has 0 aliphatic carbocycles. The summed E-state index contributed by atoms with van der Waals surface area (Å²) in [7, 11) is 0. The molecular weight excluding hydrogens is 368 g/mol. The first-order valence-corrected chi connectivity index (χ1v) is 10.5. The van der Waals surface area contributed by atoms with E-state index in [2.05, 4.69) is 62.9 Å². The molecule has 3 heteroatoms. The Labute approximate surface area is 179 Å². The molecule has 0 saturated heterocycles. The van der Waals surface area contributed by atoms with Gasteiger partial charge in [-0.3, -0.25) is 4.79 Å². The number of amides is 1. The third-order valence-electron chi connectivity index (χ3n) is 5.70. The van der Waals surface area contributed by atoms with E-state index in [1.165, 1.54) is 11.1 Å². The molecule has 152 valence electrons. The fourth-order valence-electron chi connectivity index (χ4n) is 4.33. The number of nitrogens with zero attached hydrogens (tertiary/aromatic N) is 2. The van der Waals surface area contributed by atoms with Crippen molar-refractivity contribution in [2.75, 3.05) is 4.90 Å². The summed E-state index contributed by atoms with van der Waals surface area (Å²) in [6, 6.07) is 26.7. The van der Waals surface area contributed by atoms with Gasteiger partial charge in [0, 0.05) is 17.9 Å². The first-order valence-electron chi connectivity index (χ1n) is 10.5. The van der Waals surface area contributed by atoms with Crippen LogP contribution in [0.25, 0.3) is 5.57 Å². The predicted molar refractivity (Wildman–Crippen MR) is 124 cm³/mol. The lowest BCUT2D eigenvalue weighted by molar-refractivity contribution is -0.129. The van der Waals surface area contributed by atoms with Crippen LogP contribution in [0.5, 0.6) is 0 Å². The van der Waals surface area contributed by atoms with Gasteiger partial charge in [-0.15, -0.1) is 0 Å². The van der Waals surface area contributed by atoms with Crippen LogP contribution in [0.4, 0.5) is 5.69 Å². The van der Waals surface area contributed by atoms with Crippen LogP contribution in [0.15, 0.2) is 85.1 Å². The topological polar surface area (TPSA) is 23.6 Å². The minimum absolute atomic E-state index is 0.0435. The molecule has 1 unspecified atom stereocenters. The van der Waals surface area contributed by atoms with Gasteiger partial charge in [0.05, 0.1) is 5.57 Å². The lowest BCUT2D eigenvalue weighted by Gasteiger charge is -2.46. The Hall–Kier alpha value is -3.33. The minimum atomic E-state index is -0.203. The SMILES string of the molecule is Cc1cccc(C)c1N1C=C(c2ccccc2)C(=O)N(C(C)C)C1c1ccccc1. The van der Waals surface area contributed by atoms with E-state index in [1.807, 2.05) is 59.6 Å². The highest BCUT2D eigenvalue weighted by Crippen LogP contribution is 2.41. The fourth-order valence-corrected chi connectivity index (χ4v) is 4.33. The molecule has 0 saturated carbocycles. The van der Waals surface area contributed by atoms with Crippen LogP contribution in [-0.2, 0) is 4.79 Å². The Kier molecular flexibility index (Phi) is 5.45. The van der Waals surface area contributed by atoms with Crippen molar-refractivity contribution < 1.29 is 4.79 Å². The molecule has 0 radical (unpaired) electrons. The molecule has 0 aromatic heterocycles. The number of aryl methyl sites for hydroxylation is 2. The smallest absolute Gasteiger partial charge is 0.258 e. The summed E-state index contributed by atoms with van der Waals surface area (Å²) in [5, 5.41) is 0. The second-order valence-electron chi connectivity index (χ2n) is 8.15. The Morgan fingerprint density at radius 1 is 0.767 bits per heavy atom. The Morgan fingerprint density at radius 3 is 1.90 bits per heavy atom. The number of benzene rings is 3. The van der Waals surface area contributed by atoms with Gasteiger partial charge in [0.1, 0.15) is 6.17 Å². The highest BCUT2D eigenvalue weighted by Gasteiger charge is 2.39. The fraction of sp³-hybridized carbons (Fsp3) is 0.222. The molecule has 0 spiro atoms. The van der Waals surface area contributed by atoms with E-state index in [9.17, 15) is 4.79 Å². The second-order valence-corrected chi connectivity index (χ2v) is 8.15. The standard InChI is InChI=1S/C27H28N2O/c1-19(2)29-26(23-16-9-6-10-17-23)28(25-20(3)12-11-13-21(25)4)18-24(27(29)30)22-14-7-5-8-15-22/h5-19,26H,1-4H3. The quantitative estimate of drug-likeness (QED) is 0.532. The third-order valence-corrected chi connectivity index (χ3v) is 5.70. The number of hydrogen-bond donors (Lipinski definition) is 0. The van der Waals surface area contributed by atoms with Gasteiger partial charge in [-0.05, 0) is 49.9 Å². The largest absolute Gasteiger partial charge is 0.322 e. The number of rotatable bonds is 4. The van der Waals surface area contributed by atoms with Crippen molar-refractivity contribution in [1.29, 1.82) is 0 Å². The average Bonchev–Trinajstić information content (AvgIpc) is 2.75. The number of hydrogen-bond acceptors (Lipinski definition) is 2. The summed E-state index contributed by atoms with van der Waals surface area (Å²) >= 11 is 0. The molecule has 1 aliphatic heterocycles. The molecule has 3 nitrogen and oxygen atoms in total. The molecule has 30 heavy (non-hydrogen) atoms. The third kappa shape index (κ3) is 3.52. The molecule has 0 fully saturated rings. The molecule has 1 heterocycles. The lowest BCUT2D eigenvalue weighted by atomic mass is 9.97. The van der Waals surface area contributed by atoms with Gasteiger partial charge in [-0.25, -0.2) is 0 Å². The van der Waals surface area contributed by atoms with Crippen LogP contribution in [0, 0.1) is 13.8 Å². The van der Waals surface area contributed by atoms with Crippen LogP contribution in [-0.4, -0.2) is 16.8 Å². The molecule has 3 aromatic rings. The zero-order chi connectivity index (χ0) is 21.3. The summed E-state index contributed by atoms with van der Waals surface area (Å²) in [5.41, 5.74) is 6.30. The molecule has 3 aromatic carbocycles. The maximum Gasteiger partial charge on any atom is 0.258 e. The van der Waals surface area contributed by atoms with Crippen molar-refractivity contribution in [2.24, 2.45) is 0 Å². The van der Waals surface area contributed by atoms with Crippen LogP contribution in [0.1, 0.15) is 42.3 Å². The number of anilines is 1. The van der Waals surface area contributed by atoms with E-state index in [1.54, 1.807) is 0 Å². The van der Waals surface area contributed by atoms with Crippen molar-refractivity contribution in [2.45, 2.75) is 39.9 Å². The number of para-hydroxylation sites is 1. The first kappa shape index (κ1) is 20.0. The predicted octanol–water partition coefficient (Wildman–Crippen LogP) is 6.10. The van der Waals surface area contributed by atoms with Crippen molar-refractivity contribution in [3.05, 3.63) is 107 Å². The van der Waals surface area contributed by atoms with Gasteiger partial charge in [0.2, 0.25) is 0 Å². The highest BCUT2D eigenvalue weighted by molar-refractivity contribution is 6.21. The highest BCUT2D eigenvalue weighted by atomic mass is 16.2. The van der Waals surface area contributed by atoms with Crippen LogP contribution < -0.4 is 4.90 Å². The van der Waals surface area contributed by atoms with Gasteiger partial charge in [-0.2, -0.15) is 0 Å². The lowest BCUT2D eigenvalue weighted by Crippen LogP contribution is -2.50. The van der Waals surface area contributed by atoms with Gasteiger partial charge in [0.25, 0.3) is 5.91 Å². The van der Waals surface area contributed by atoms with Gasteiger partial charge >= 0.3 is 0 Å². The van der Waals surface area contributed by atoms with E-state index in [-0.39, 0.29) is 18.1 Å². The average molecular weight is 397 g/mol. The monoisotopic (exact) mass is 396 g/mol. The van der Waals surface area contributed by atoms with E-state index in [0.717, 1.165) is 22.4 Å². The molecule has 0 N–H and O–H groups in total. The normalized spacial score (nSPS) is 16.8. The number of carbonyl (C=O) groups excluding carboxylic acids is 1. The van der Waals surface area contributed by atoms with E-state index < -0.39 is 0 Å². The molecular formula is C27H28N2O. The summed E-state index contributed by atoms with van der Waals surface area (Å²) in [5.74, 6) is 0.0625. The molecule has 1 amide bonds. The minimum Gasteiger partial charge on any atom is -0.322 e. The zero-order valence-corrected chi connectivity index (χ0v) is 18.0. The summed E-state index contributed by atoms with van der Waals surface area (Å²) in [4.78, 5) is 18.0. The van der Waals surface area contributed by atoms with E-state index in [0.29, 0.717) is 0 Å². The van der Waals surface area contributed by atoms with Gasteiger partial charge in [0.15, 0.2) is 0 Å². The van der Waals surface area contributed by atoms with Crippen molar-refractivity contribution >= 4 is 17.2 Å². The maximum atomic E-state index is 13.7. The summed E-state index contributed by atoms with van der Waals surface area (Å²) < 4.78 is 0. The molecule has 1 aliphatic rings. The van der Waals surface area contributed by atoms with Crippen LogP contribution >= 0.6 is 0 Å². The van der Waals surface area contributed by atoms with Crippen LogP contribution in [0.2, 0.25) is 0 Å². The van der Waals surface area contributed by atoms with E-state index in [4.69, 9.17) is 0 Å². The van der Waals surface area contributed by atoms with Crippen molar-refractivity contribution in [3.8, 4) is 0 Å².